The average Bonchev–Trinajstić information content (AvgIpc) is 3.58. The first kappa shape index (κ1) is 23.0. The molecule has 2 heterocycles. The summed E-state index contributed by atoms with van der Waals surface area (Å²) in [5.41, 5.74) is 4.20. The van der Waals surface area contributed by atoms with Crippen LogP contribution in [0.25, 0.3) is 5.70 Å². The Morgan fingerprint density at radius 3 is 2.46 bits per heavy atom. The first-order valence-electron chi connectivity index (χ1n) is 11.3. The van der Waals surface area contributed by atoms with Crippen LogP contribution >= 0.6 is 0 Å². The van der Waals surface area contributed by atoms with Crippen LogP contribution in [0.1, 0.15) is 41.3 Å². The van der Waals surface area contributed by atoms with Gasteiger partial charge in [-0.1, -0.05) is 49.0 Å². The Balaban J connectivity index is 1.33. The lowest BCUT2D eigenvalue weighted by Gasteiger charge is -2.31. The van der Waals surface area contributed by atoms with Gasteiger partial charge in [0.05, 0.1) is 0 Å². The van der Waals surface area contributed by atoms with Crippen LogP contribution < -0.4 is 10.1 Å². The van der Waals surface area contributed by atoms with Gasteiger partial charge in [-0.25, -0.2) is 0 Å². The molecule has 35 heavy (non-hydrogen) atoms. The van der Waals surface area contributed by atoms with Crippen molar-refractivity contribution in [2.45, 2.75) is 37.2 Å². The molecule has 1 atom stereocenters. The standard InChI is InChI=1S/C27H24F3N3O2/c1-18-21-6-2-3-7-22(21)24(33(18)17-26(13-14-26)23-8-4-5-15-31-23)25(34)32-16-19-9-11-20(12-10-19)35-27(28,29)30/h2-12,15,24H,1,13-14,16-17H2,(H,32,34). The Bertz CT molecular complexity index is 1240. The number of amides is 1. The maximum Gasteiger partial charge on any atom is 0.573 e. The summed E-state index contributed by atoms with van der Waals surface area (Å²) in [5.74, 6) is -0.493. The summed E-state index contributed by atoms with van der Waals surface area (Å²) >= 11 is 0. The summed E-state index contributed by atoms with van der Waals surface area (Å²) in [5, 5.41) is 2.95. The molecular weight excluding hydrogens is 455 g/mol. The third kappa shape index (κ3) is 4.73. The van der Waals surface area contributed by atoms with E-state index >= 15 is 0 Å². The number of halogens is 3. The highest BCUT2D eigenvalue weighted by atomic mass is 19.4. The number of hydrogen-bond acceptors (Lipinski definition) is 4. The molecule has 2 aromatic carbocycles. The maximum absolute atomic E-state index is 13.5. The molecule has 5 rings (SSSR count). The minimum atomic E-state index is -4.74. The monoisotopic (exact) mass is 479 g/mol. The number of hydrogen-bond donors (Lipinski definition) is 1. The molecule has 180 valence electrons. The molecular formula is C27H24F3N3O2. The Morgan fingerprint density at radius 1 is 1.09 bits per heavy atom. The highest BCUT2D eigenvalue weighted by Gasteiger charge is 2.50. The highest BCUT2D eigenvalue weighted by molar-refractivity contribution is 5.90. The maximum atomic E-state index is 13.5. The van der Waals surface area contributed by atoms with Crippen molar-refractivity contribution in [2.24, 2.45) is 0 Å². The molecule has 3 aromatic rings. The first-order valence-corrected chi connectivity index (χ1v) is 11.3. The fourth-order valence-corrected chi connectivity index (χ4v) is 4.69. The zero-order chi connectivity index (χ0) is 24.6. The number of aromatic nitrogens is 1. The topological polar surface area (TPSA) is 54.5 Å². The van der Waals surface area contributed by atoms with E-state index in [-0.39, 0.29) is 23.6 Å². The lowest BCUT2D eigenvalue weighted by atomic mass is 9.99. The van der Waals surface area contributed by atoms with E-state index in [9.17, 15) is 18.0 Å². The molecule has 1 N–H and O–H groups in total. The zero-order valence-electron chi connectivity index (χ0n) is 18.9. The second kappa shape index (κ2) is 8.76. The number of benzene rings is 2. The molecule has 5 nitrogen and oxygen atoms in total. The van der Waals surface area contributed by atoms with E-state index in [2.05, 4.69) is 26.5 Å². The number of ether oxygens (including phenoxy) is 1. The van der Waals surface area contributed by atoms with Crippen molar-refractivity contribution in [3.8, 4) is 5.75 Å². The fourth-order valence-electron chi connectivity index (χ4n) is 4.69. The van der Waals surface area contributed by atoms with E-state index in [1.54, 1.807) is 6.20 Å². The molecule has 2 aliphatic rings. The quantitative estimate of drug-likeness (QED) is 0.496. The predicted octanol–water partition coefficient (Wildman–Crippen LogP) is 5.36. The summed E-state index contributed by atoms with van der Waals surface area (Å²) in [6.45, 7) is 5.09. The lowest BCUT2D eigenvalue weighted by molar-refractivity contribution is -0.274. The number of fused-ring (bicyclic) bond motifs is 1. The minimum Gasteiger partial charge on any atom is -0.406 e. The van der Waals surface area contributed by atoms with Gasteiger partial charge in [-0.3, -0.25) is 9.78 Å². The van der Waals surface area contributed by atoms with E-state index in [4.69, 9.17) is 0 Å². The van der Waals surface area contributed by atoms with Crippen molar-refractivity contribution in [3.63, 3.8) is 0 Å². The summed E-state index contributed by atoms with van der Waals surface area (Å²) < 4.78 is 41.1. The normalized spacial score (nSPS) is 18.2. The van der Waals surface area contributed by atoms with E-state index in [1.807, 2.05) is 42.5 Å². The number of carbonyl (C=O) groups is 1. The molecule has 0 saturated heterocycles. The second-order valence-electron chi connectivity index (χ2n) is 8.97. The number of carbonyl (C=O) groups excluding carboxylic acids is 1. The number of nitrogens with one attached hydrogen (secondary N) is 1. The number of alkyl halides is 3. The van der Waals surface area contributed by atoms with Crippen molar-refractivity contribution >= 4 is 11.6 Å². The van der Waals surface area contributed by atoms with Crippen LogP contribution in [-0.4, -0.2) is 28.7 Å². The molecule has 0 radical (unpaired) electrons. The molecule has 1 aliphatic heterocycles. The van der Waals surface area contributed by atoms with Gasteiger partial charge in [0, 0.05) is 41.7 Å². The van der Waals surface area contributed by atoms with Crippen molar-refractivity contribution in [1.29, 1.82) is 0 Å². The lowest BCUT2D eigenvalue weighted by Crippen LogP contribution is -2.39. The molecule has 0 spiro atoms. The van der Waals surface area contributed by atoms with Crippen LogP contribution in [-0.2, 0) is 16.8 Å². The molecule has 1 unspecified atom stereocenters. The smallest absolute Gasteiger partial charge is 0.406 e. The summed E-state index contributed by atoms with van der Waals surface area (Å²) in [6, 6.07) is 18.6. The minimum absolute atomic E-state index is 0.112. The van der Waals surface area contributed by atoms with Crippen molar-refractivity contribution in [2.75, 3.05) is 6.54 Å². The van der Waals surface area contributed by atoms with Gasteiger partial charge >= 0.3 is 6.36 Å². The third-order valence-electron chi connectivity index (χ3n) is 6.63. The van der Waals surface area contributed by atoms with Gasteiger partial charge in [0.15, 0.2) is 0 Å². The molecule has 1 aliphatic carbocycles. The van der Waals surface area contributed by atoms with Gasteiger partial charge in [-0.15, -0.1) is 13.2 Å². The molecule has 1 aromatic heterocycles. The van der Waals surface area contributed by atoms with Crippen LogP contribution in [0.4, 0.5) is 13.2 Å². The summed E-state index contributed by atoms with van der Waals surface area (Å²) in [4.78, 5) is 20.1. The van der Waals surface area contributed by atoms with Crippen LogP contribution in [0.5, 0.6) is 5.75 Å². The Labute approximate surface area is 201 Å². The highest BCUT2D eigenvalue weighted by Crippen LogP contribution is 2.52. The van der Waals surface area contributed by atoms with Gasteiger partial charge in [0.1, 0.15) is 11.8 Å². The van der Waals surface area contributed by atoms with Crippen LogP contribution in [0.15, 0.2) is 79.5 Å². The van der Waals surface area contributed by atoms with Crippen molar-refractivity contribution in [3.05, 3.63) is 102 Å². The van der Waals surface area contributed by atoms with E-state index in [0.29, 0.717) is 12.1 Å². The van der Waals surface area contributed by atoms with Crippen LogP contribution in [0, 0.1) is 0 Å². The largest absolute Gasteiger partial charge is 0.573 e. The van der Waals surface area contributed by atoms with Crippen LogP contribution in [0.2, 0.25) is 0 Å². The molecule has 1 fully saturated rings. The van der Waals surface area contributed by atoms with Gasteiger partial charge in [-0.2, -0.15) is 0 Å². The molecule has 1 saturated carbocycles. The number of pyridine rings is 1. The zero-order valence-corrected chi connectivity index (χ0v) is 18.9. The van der Waals surface area contributed by atoms with Gasteiger partial charge < -0.3 is 15.0 Å². The van der Waals surface area contributed by atoms with Crippen LogP contribution in [0.3, 0.4) is 0 Å². The average molecular weight is 480 g/mol. The van der Waals surface area contributed by atoms with Crippen molar-refractivity contribution < 1.29 is 22.7 Å². The molecule has 8 heteroatoms. The van der Waals surface area contributed by atoms with Gasteiger partial charge in [-0.05, 0) is 48.2 Å². The Morgan fingerprint density at radius 2 is 1.80 bits per heavy atom. The van der Waals surface area contributed by atoms with Crippen molar-refractivity contribution in [1.82, 2.24) is 15.2 Å². The van der Waals surface area contributed by atoms with E-state index in [1.165, 1.54) is 24.3 Å². The molecule has 0 bridgehead atoms. The van der Waals surface area contributed by atoms with Gasteiger partial charge in [0.2, 0.25) is 5.91 Å². The second-order valence-corrected chi connectivity index (χ2v) is 8.97. The third-order valence-corrected chi connectivity index (χ3v) is 6.63. The van der Waals surface area contributed by atoms with E-state index in [0.717, 1.165) is 35.4 Å². The summed E-state index contributed by atoms with van der Waals surface area (Å²) in [7, 11) is 0. The SMILES string of the molecule is C=C1c2ccccc2C(C(=O)NCc2ccc(OC(F)(F)F)cc2)N1CC1(c2ccccn2)CC1. The van der Waals surface area contributed by atoms with E-state index < -0.39 is 12.4 Å². The first-order chi connectivity index (χ1) is 16.8. The fraction of sp³-hybridized carbons (Fsp3) is 0.259. The summed E-state index contributed by atoms with van der Waals surface area (Å²) in [6.07, 6.45) is -0.973. The van der Waals surface area contributed by atoms with Gasteiger partial charge in [0.25, 0.3) is 0 Å². The molecule has 1 amide bonds. The Kier molecular flexibility index (Phi) is 5.75. The Hall–Kier alpha value is -3.81. The number of nitrogens with zero attached hydrogens (tertiary/aromatic N) is 2. The predicted molar refractivity (Wildman–Crippen MR) is 125 cm³/mol. The number of rotatable bonds is 7.